The van der Waals surface area contributed by atoms with E-state index in [9.17, 15) is 31.2 Å². The highest BCUT2D eigenvalue weighted by Gasteiger charge is 2.38. The van der Waals surface area contributed by atoms with E-state index in [2.05, 4.69) is 15.4 Å². The second-order valence-electron chi connectivity index (χ2n) is 9.47. The lowest BCUT2D eigenvalue weighted by Gasteiger charge is -2.17. The third-order valence-corrected chi connectivity index (χ3v) is 8.05. The highest BCUT2D eigenvalue weighted by molar-refractivity contribution is 7.89. The number of carboxylic acids is 1. The first kappa shape index (κ1) is 36.3. The molecule has 0 saturated carbocycles. The molecular formula is C30H28F3N5O7S2. The Morgan fingerprint density at radius 3 is 2.34 bits per heavy atom. The number of hydrogen-bond donors (Lipinski definition) is 4. The molecule has 12 nitrogen and oxygen atoms in total. The lowest BCUT2D eigenvalue weighted by atomic mass is 10.0. The summed E-state index contributed by atoms with van der Waals surface area (Å²) >= 11 is 1.24. The maximum Gasteiger partial charge on any atom is 0.490 e. The summed E-state index contributed by atoms with van der Waals surface area (Å²) in [5.74, 6) is 1.63. The smallest absolute Gasteiger partial charge is 0.475 e. The second-order valence-corrected chi connectivity index (χ2v) is 11.9. The molecular weight excluding hydrogens is 663 g/mol. The number of amides is 1. The van der Waals surface area contributed by atoms with Gasteiger partial charge in [0.05, 0.1) is 23.8 Å². The van der Waals surface area contributed by atoms with Crippen molar-refractivity contribution in [3.8, 4) is 11.1 Å². The van der Waals surface area contributed by atoms with Crippen molar-refractivity contribution in [1.82, 2.24) is 10.3 Å². The SMILES string of the molecule is CCOC(=O)c1csc(C(Cc2cccc(C=NN)c2)NC(=O)c2ccc(-c3ccccc3S(N)(=O)=O)cc2)n1.O=C(O)C(F)(F)F. The van der Waals surface area contributed by atoms with Crippen molar-refractivity contribution >= 4 is 45.4 Å². The lowest BCUT2D eigenvalue weighted by molar-refractivity contribution is -0.192. The number of rotatable bonds is 10. The van der Waals surface area contributed by atoms with E-state index in [1.165, 1.54) is 23.6 Å². The molecule has 0 saturated heterocycles. The number of ether oxygens (including phenoxy) is 1. The van der Waals surface area contributed by atoms with Crippen molar-refractivity contribution in [3.05, 3.63) is 106 Å². The molecule has 0 aliphatic rings. The number of hydrogen-bond acceptors (Lipinski definition) is 10. The minimum absolute atomic E-state index is 0.00431. The molecule has 17 heteroatoms. The van der Waals surface area contributed by atoms with Crippen LogP contribution in [-0.2, 0) is 26.0 Å². The number of hydrazone groups is 1. The average Bonchev–Trinajstić information content (AvgIpc) is 3.52. The number of carboxylic acid groups (broad SMARTS) is 1. The standard InChI is InChI=1S/C28H27N5O5S2.C2HF3O2/c1-2-38-28(35)24-17-39-27(33-24)23(15-18-6-5-7-19(14-18)16-31-29)32-26(34)21-12-10-20(11-13-21)22-8-3-4-9-25(22)40(30,36)37;3-2(4,5)1(6)7/h3-14,16-17,23H,2,15,29H2,1H3,(H,32,34)(H2,30,36,37);(H,6,7). The predicted molar refractivity (Wildman–Crippen MR) is 167 cm³/mol. The fourth-order valence-electron chi connectivity index (χ4n) is 4.06. The van der Waals surface area contributed by atoms with E-state index >= 15 is 0 Å². The molecule has 0 fully saturated rings. The van der Waals surface area contributed by atoms with Gasteiger partial charge in [-0.2, -0.15) is 18.3 Å². The van der Waals surface area contributed by atoms with Gasteiger partial charge >= 0.3 is 18.1 Å². The third kappa shape index (κ3) is 10.5. The topological polar surface area (TPSA) is 204 Å². The number of sulfonamides is 1. The predicted octanol–water partition coefficient (Wildman–Crippen LogP) is 4.27. The van der Waals surface area contributed by atoms with E-state index in [1.807, 2.05) is 24.3 Å². The van der Waals surface area contributed by atoms with Crippen LogP contribution in [0.1, 0.15) is 49.9 Å². The van der Waals surface area contributed by atoms with Crippen LogP contribution in [0.4, 0.5) is 13.2 Å². The van der Waals surface area contributed by atoms with Crippen LogP contribution in [0.3, 0.4) is 0 Å². The van der Waals surface area contributed by atoms with Crippen molar-refractivity contribution < 1.29 is 45.8 Å². The van der Waals surface area contributed by atoms with Gasteiger partial charge in [0.15, 0.2) is 5.69 Å². The van der Waals surface area contributed by atoms with Gasteiger partial charge < -0.3 is 21.0 Å². The molecule has 248 valence electrons. The van der Waals surface area contributed by atoms with Crippen molar-refractivity contribution in [2.45, 2.75) is 30.5 Å². The molecule has 47 heavy (non-hydrogen) atoms. The van der Waals surface area contributed by atoms with Gasteiger partial charge in [-0.05, 0) is 48.2 Å². The summed E-state index contributed by atoms with van der Waals surface area (Å²) in [6.07, 6.45) is -3.18. The Kier molecular flexibility index (Phi) is 12.3. The Bertz CT molecular complexity index is 1860. The molecule has 4 rings (SSSR count). The maximum absolute atomic E-state index is 13.3. The molecule has 0 spiro atoms. The highest BCUT2D eigenvalue weighted by atomic mass is 32.2. The number of alkyl halides is 3. The van der Waals surface area contributed by atoms with Gasteiger partial charge in [-0.25, -0.2) is 28.1 Å². The first-order chi connectivity index (χ1) is 22.1. The average molecular weight is 692 g/mol. The number of carbonyl (C=O) groups is 3. The number of carbonyl (C=O) groups excluding carboxylic acids is 2. The summed E-state index contributed by atoms with van der Waals surface area (Å²) in [6, 6.07) is 19.9. The molecule has 3 aromatic carbocycles. The molecule has 1 unspecified atom stereocenters. The largest absolute Gasteiger partial charge is 0.490 e. The van der Waals surface area contributed by atoms with E-state index in [-0.39, 0.29) is 23.1 Å². The van der Waals surface area contributed by atoms with Gasteiger partial charge in [0.25, 0.3) is 5.91 Å². The Labute approximate surface area is 270 Å². The normalized spacial score (nSPS) is 12.1. The number of aliphatic carboxylic acids is 1. The van der Waals surface area contributed by atoms with Gasteiger partial charge in [-0.3, -0.25) is 4.79 Å². The number of benzene rings is 3. The van der Waals surface area contributed by atoms with E-state index in [4.69, 9.17) is 25.6 Å². The zero-order valence-corrected chi connectivity index (χ0v) is 26.1. The summed E-state index contributed by atoms with van der Waals surface area (Å²) in [5.41, 5.74) is 3.24. The van der Waals surface area contributed by atoms with Crippen molar-refractivity contribution in [2.75, 3.05) is 6.61 Å². The van der Waals surface area contributed by atoms with Crippen LogP contribution in [0.15, 0.2) is 88.2 Å². The minimum atomic E-state index is -5.08. The molecule has 6 N–H and O–H groups in total. The van der Waals surface area contributed by atoms with E-state index in [0.29, 0.717) is 28.1 Å². The zero-order valence-electron chi connectivity index (χ0n) is 24.5. The van der Waals surface area contributed by atoms with E-state index in [0.717, 1.165) is 11.1 Å². The highest BCUT2D eigenvalue weighted by Crippen LogP contribution is 2.28. The lowest BCUT2D eigenvalue weighted by Crippen LogP contribution is -2.30. The Morgan fingerprint density at radius 1 is 1.09 bits per heavy atom. The number of esters is 1. The minimum Gasteiger partial charge on any atom is -0.475 e. The molecule has 0 aliphatic heterocycles. The van der Waals surface area contributed by atoms with Crippen LogP contribution in [0, 0.1) is 0 Å². The molecule has 0 bridgehead atoms. The number of halogens is 3. The van der Waals surface area contributed by atoms with Crippen LogP contribution < -0.4 is 16.3 Å². The number of thiazole rings is 1. The molecule has 0 radical (unpaired) electrons. The number of aromatic nitrogens is 1. The second kappa shape index (κ2) is 15.9. The van der Waals surface area contributed by atoms with Crippen LogP contribution in [0.25, 0.3) is 11.1 Å². The van der Waals surface area contributed by atoms with Gasteiger partial charge in [-0.15, -0.1) is 11.3 Å². The zero-order chi connectivity index (χ0) is 34.8. The first-order valence-electron chi connectivity index (χ1n) is 13.4. The Hall–Kier alpha value is -5.13. The first-order valence-corrected chi connectivity index (χ1v) is 15.8. The fraction of sp³-hybridized carbons (Fsp3) is 0.167. The summed E-state index contributed by atoms with van der Waals surface area (Å²) < 4.78 is 60.8. The van der Waals surface area contributed by atoms with Crippen LogP contribution in [0.2, 0.25) is 0 Å². The van der Waals surface area contributed by atoms with Crippen molar-refractivity contribution in [3.63, 3.8) is 0 Å². The Morgan fingerprint density at radius 2 is 1.74 bits per heavy atom. The van der Waals surface area contributed by atoms with Gasteiger partial charge in [0.2, 0.25) is 10.0 Å². The maximum atomic E-state index is 13.3. The third-order valence-electron chi connectivity index (χ3n) is 6.12. The van der Waals surface area contributed by atoms with Crippen molar-refractivity contribution in [1.29, 1.82) is 0 Å². The van der Waals surface area contributed by atoms with Crippen LogP contribution >= 0.6 is 11.3 Å². The number of nitrogens with two attached hydrogens (primary N) is 2. The van der Waals surface area contributed by atoms with Crippen LogP contribution in [0.5, 0.6) is 0 Å². The van der Waals surface area contributed by atoms with Crippen LogP contribution in [-0.4, -0.2) is 55.4 Å². The van der Waals surface area contributed by atoms with Gasteiger partial charge in [0, 0.05) is 16.5 Å². The molecule has 1 heterocycles. The fourth-order valence-corrected chi connectivity index (χ4v) is 5.66. The molecule has 1 amide bonds. The molecule has 1 atom stereocenters. The van der Waals surface area contributed by atoms with E-state index < -0.39 is 34.2 Å². The molecule has 1 aromatic heterocycles. The molecule has 0 aliphatic carbocycles. The number of primary sulfonamides is 1. The Balaban J connectivity index is 0.000000771. The summed E-state index contributed by atoms with van der Waals surface area (Å²) in [4.78, 5) is 38.8. The van der Waals surface area contributed by atoms with Gasteiger partial charge in [0.1, 0.15) is 5.01 Å². The number of nitrogens with one attached hydrogen (secondary N) is 1. The summed E-state index contributed by atoms with van der Waals surface area (Å²) in [7, 11) is -3.93. The van der Waals surface area contributed by atoms with Gasteiger partial charge in [-0.1, -0.05) is 54.6 Å². The van der Waals surface area contributed by atoms with Crippen molar-refractivity contribution in [2.24, 2.45) is 16.1 Å². The number of nitrogens with zero attached hydrogens (tertiary/aromatic N) is 2. The van der Waals surface area contributed by atoms with E-state index in [1.54, 1.807) is 54.8 Å². The summed E-state index contributed by atoms with van der Waals surface area (Å²) in [6.45, 7) is 1.93. The summed E-state index contributed by atoms with van der Waals surface area (Å²) in [5, 5.41) is 21.2. The monoisotopic (exact) mass is 691 g/mol. The quantitative estimate of drug-likeness (QED) is 0.0810. The molecule has 4 aromatic rings.